The number of rotatable bonds is 7. The highest BCUT2D eigenvalue weighted by Crippen LogP contribution is 2.74. The SMILES string of the molecule is CC12CC(C[C@H](N)Cc3oc4c(NCc5cccs5)nc(Cl)nc4c3Br)(C1)C2. The number of hydrogen-bond acceptors (Lipinski definition) is 6. The Kier molecular flexibility index (Phi) is 4.50. The van der Waals surface area contributed by atoms with Crippen molar-refractivity contribution < 1.29 is 4.42 Å². The Labute approximate surface area is 181 Å². The van der Waals surface area contributed by atoms with Crippen molar-refractivity contribution in [2.75, 3.05) is 5.32 Å². The van der Waals surface area contributed by atoms with Gasteiger partial charge in [0.25, 0.3) is 0 Å². The molecule has 3 aliphatic rings. The lowest BCUT2D eigenvalue weighted by atomic mass is 9.35. The number of halogens is 2. The molecule has 3 aliphatic carbocycles. The lowest BCUT2D eigenvalue weighted by Gasteiger charge is -2.70. The molecule has 0 aromatic carbocycles. The van der Waals surface area contributed by atoms with Crippen LogP contribution in [-0.2, 0) is 13.0 Å². The topological polar surface area (TPSA) is 77.0 Å². The number of hydrogen-bond donors (Lipinski definition) is 2. The van der Waals surface area contributed by atoms with Gasteiger partial charge in [-0.3, -0.25) is 0 Å². The first-order valence-electron chi connectivity index (χ1n) is 9.51. The number of nitrogens with two attached hydrogens (primary N) is 1. The van der Waals surface area contributed by atoms with Gasteiger partial charge in [-0.25, -0.2) is 4.98 Å². The molecule has 3 N–H and O–H groups in total. The number of nitrogens with one attached hydrogen (secondary N) is 1. The fourth-order valence-corrected chi connectivity index (χ4v) is 6.77. The van der Waals surface area contributed by atoms with Crippen LogP contribution >= 0.6 is 38.9 Å². The maximum absolute atomic E-state index is 6.49. The van der Waals surface area contributed by atoms with Gasteiger partial charge >= 0.3 is 0 Å². The van der Waals surface area contributed by atoms with Crippen LogP contribution in [0.2, 0.25) is 5.28 Å². The minimum atomic E-state index is 0.0765. The van der Waals surface area contributed by atoms with Crippen molar-refractivity contribution in [3.63, 3.8) is 0 Å². The van der Waals surface area contributed by atoms with Crippen molar-refractivity contribution in [1.29, 1.82) is 0 Å². The molecule has 3 aromatic heterocycles. The van der Waals surface area contributed by atoms with E-state index in [1.54, 1.807) is 11.3 Å². The summed E-state index contributed by atoms with van der Waals surface area (Å²) in [7, 11) is 0. The van der Waals surface area contributed by atoms with E-state index in [1.807, 2.05) is 6.07 Å². The summed E-state index contributed by atoms with van der Waals surface area (Å²) in [6.07, 6.45) is 5.71. The molecular weight excluding hydrogens is 460 g/mol. The van der Waals surface area contributed by atoms with Crippen molar-refractivity contribution in [2.45, 2.75) is 51.6 Å². The zero-order chi connectivity index (χ0) is 19.5. The Morgan fingerprint density at radius 3 is 2.86 bits per heavy atom. The van der Waals surface area contributed by atoms with Gasteiger partial charge < -0.3 is 15.5 Å². The van der Waals surface area contributed by atoms with Crippen LogP contribution in [0.1, 0.15) is 43.2 Å². The predicted molar refractivity (Wildman–Crippen MR) is 117 cm³/mol. The zero-order valence-corrected chi connectivity index (χ0v) is 18.8. The van der Waals surface area contributed by atoms with Crippen molar-refractivity contribution >= 4 is 55.8 Å². The minimum absolute atomic E-state index is 0.0765. The van der Waals surface area contributed by atoms with Gasteiger partial charge in [-0.15, -0.1) is 11.3 Å². The van der Waals surface area contributed by atoms with E-state index >= 15 is 0 Å². The fourth-order valence-electron chi connectivity index (χ4n) is 5.45. The summed E-state index contributed by atoms with van der Waals surface area (Å²) in [5, 5.41) is 5.57. The molecule has 3 fully saturated rings. The first-order chi connectivity index (χ1) is 13.3. The molecule has 0 saturated heterocycles. The van der Waals surface area contributed by atoms with E-state index in [-0.39, 0.29) is 11.3 Å². The van der Waals surface area contributed by atoms with Crippen LogP contribution in [0.4, 0.5) is 5.82 Å². The van der Waals surface area contributed by atoms with Crippen molar-refractivity contribution in [2.24, 2.45) is 16.6 Å². The molecule has 28 heavy (non-hydrogen) atoms. The lowest BCUT2D eigenvalue weighted by molar-refractivity contribution is -0.197. The average molecular weight is 482 g/mol. The van der Waals surface area contributed by atoms with E-state index in [4.69, 9.17) is 21.8 Å². The second kappa shape index (κ2) is 6.69. The van der Waals surface area contributed by atoms with Crippen molar-refractivity contribution in [3.8, 4) is 0 Å². The Hall–Kier alpha value is -1.15. The summed E-state index contributed by atoms with van der Waals surface area (Å²) in [6.45, 7) is 3.04. The number of anilines is 1. The Morgan fingerprint density at radius 2 is 2.18 bits per heavy atom. The molecule has 3 heterocycles. The fraction of sp³-hybridized carbons (Fsp3) is 0.500. The van der Waals surface area contributed by atoms with Crippen LogP contribution in [0.15, 0.2) is 26.4 Å². The van der Waals surface area contributed by atoms with Gasteiger partial charge in [-0.1, -0.05) is 13.0 Å². The minimum Gasteiger partial charge on any atom is -0.454 e. The third-order valence-corrected chi connectivity index (χ3v) is 7.94. The molecule has 6 rings (SSSR count). The molecule has 3 saturated carbocycles. The van der Waals surface area contributed by atoms with Crippen LogP contribution in [-0.4, -0.2) is 16.0 Å². The normalized spacial score (nSPS) is 26.7. The molecule has 5 nitrogen and oxygen atoms in total. The quantitative estimate of drug-likeness (QED) is 0.419. The number of fused-ring (bicyclic) bond motifs is 1. The second-order valence-corrected chi connectivity index (χ2v) is 11.0. The molecule has 0 radical (unpaired) electrons. The molecule has 0 aliphatic heterocycles. The summed E-state index contributed by atoms with van der Waals surface area (Å²) in [4.78, 5) is 9.91. The van der Waals surface area contributed by atoms with Crippen LogP contribution < -0.4 is 11.1 Å². The van der Waals surface area contributed by atoms with E-state index < -0.39 is 0 Å². The van der Waals surface area contributed by atoms with Gasteiger partial charge in [0.15, 0.2) is 11.4 Å². The standard InChI is InChI=1S/C20H22BrClN4OS/c1-19-8-20(9-19,10-19)6-11(23)5-13-14(21)15-16(27-13)17(26-18(22)25-15)24-7-12-3-2-4-28-12/h2-4,11H,5-10,23H2,1H3,(H,24,25,26)/t11-,19?,20?/m1/s1. The van der Waals surface area contributed by atoms with Crippen LogP contribution in [0.5, 0.6) is 0 Å². The van der Waals surface area contributed by atoms with Gasteiger partial charge in [-0.2, -0.15) is 4.98 Å². The highest BCUT2D eigenvalue weighted by atomic mass is 79.9. The summed E-state index contributed by atoms with van der Waals surface area (Å²) < 4.78 is 6.98. The van der Waals surface area contributed by atoms with E-state index in [2.05, 4.69) is 49.6 Å². The van der Waals surface area contributed by atoms with Crippen LogP contribution in [0, 0.1) is 10.8 Å². The van der Waals surface area contributed by atoms with Crippen molar-refractivity contribution in [1.82, 2.24) is 9.97 Å². The Balaban J connectivity index is 1.36. The summed E-state index contributed by atoms with van der Waals surface area (Å²) >= 11 is 11.5. The third-order valence-electron chi connectivity index (χ3n) is 6.07. The molecule has 3 aromatic rings. The van der Waals surface area contributed by atoms with Crippen LogP contribution in [0.3, 0.4) is 0 Å². The average Bonchev–Trinajstić information content (AvgIpc) is 3.20. The molecule has 0 amide bonds. The highest BCUT2D eigenvalue weighted by Gasteiger charge is 2.64. The molecule has 1 atom stereocenters. The van der Waals surface area contributed by atoms with Crippen LogP contribution in [0.25, 0.3) is 11.1 Å². The molecular formula is C20H22BrClN4OS. The largest absolute Gasteiger partial charge is 0.454 e. The second-order valence-electron chi connectivity index (χ2n) is 8.80. The predicted octanol–water partition coefficient (Wildman–Crippen LogP) is 5.76. The third kappa shape index (κ3) is 3.26. The Morgan fingerprint density at radius 1 is 1.39 bits per heavy atom. The Bertz CT molecular complexity index is 1010. The molecule has 148 valence electrons. The summed E-state index contributed by atoms with van der Waals surface area (Å²) in [6, 6.07) is 4.18. The van der Waals surface area contributed by atoms with Gasteiger partial charge in [0, 0.05) is 17.3 Å². The first kappa shape index (κ1) is 18.9. The number of furan rings is 1. The van der Waals surface area contributed by atoms with Gasteiger partial charge in [-0.05, 0) is 75.5 Å². The number of aromatic nitrogens is 2. The van der Waals surface area contributed by atoms with Gasteiger partial charge in [0.05, 0.1) is 11.0 Å². The van der Waals surface area contributed by atoms with Crippen molar-refractivity contribution in [3.05, 3.63) is 37.9 Å². The zero-order valence-electron chi connectivity index (χ0n) is 15.6. The van der Waals surface area contributed by atoms with Gasteiger partial charge in [0.1, 0.15) is 11.3 Å². The first-order valence-corrected chi connectivity index (χ1v) is 11.6. The monoisotopic (exact) mass is 480 g/mol. The van der Waals surface area contributed by atoms with E-state index in [0.29, 0.717) is 40.7 Å². The van der Waals surface area contributed by atoms with E-state index in [0.717, 1.165) is 16.7 Å². The highest BCUT2D eigenvalue weighted by molar-refractivity contribution is 9.10. The number of thiophene rings is 1. The molecule has 8 heteroatoms. The maximum atomic E-state index is 6.49. The smallest absolute Gasteiger partial charge is 0.225 e. The molecule has 2 bridgehead atoms. The van der Waals surface area contributed by atoms with E-state index in [9.17, 15) is 0 Å². The maximum Gasteiger partial charge on any atom is 0.225 e. The summed E-state index contributed by atoms with van der Waals surface area (Å²) in [5.74, 6) is 1.42. The van der Waals surface area contributed by atoms with E-state index in [1.165, 1.54) is 24.1 Å². The molecule has 0 unspecified atom stereocenters. The lowest BCUT2D eigenvalue weighted by Crippen LogP contribution is -2.61. The summed E-state index contributed by atoms with van der Waals surface area (Å²) in [5.41, 5.74) is 8.90. The van der Waals surface area contributed by atoms with Gasteiger partial charge in [0.2, 0.25) is 5.28 Å². The molecule has 0 spiro atoms. The number of nitrogens with zero attached hydrogens (tertiary/aromatic N) is 2.